The number of methoxy groups -OCH3 is 2. The second-order valence-electron chi connectivity index (χ2n) is 7.11. The molecule has 8 nitrogen and oxygen atoms in total. The number of aromatic nitrogens is 2. The quantitative estimate of drug-likeness (QED) is 0.779. The van der Waals surface area contributed by atoms with Gasteiger partial charge in [0.2, 0.25) is 5.89 Å². The van der Waals surface area contributed by atoms with Gasteiger partial charge in [-0.2, -0.15) is 4.98 Å². The van der Waals surface area contributed by atoms with Gasteiger partial charge in [-0.05, 0) is 44.4 Å². The summed E-state index contributed by atoms with van der Waals surface area (Å²) < 4.78 is 15.9. The number of nitrogens with one attached hydrogen (secondary N) is 1. The lowest BCUT2D eigenvalue weighted by atomic mass is 10.1. The first kappa shape index (κ1) is 20.0. The van der Waals surface area contributed by atoms with E-state index in [1.165, 1.54) is 0 Å². The fraction of sp³-hybridized carbons (Fsp3) is 0.550. The van der Waals surface area contributed by atoms with Crippen molar-refractivity contribution in [3.63, 3.8) is 0 Å². The first-order valence-electron chi connectivity index (χ1n) is 9.60. The largest absolute Gasteiger partial charge is 0.493 e. The number of ether oxygens (including phenoxy) is 2. The highest BCUT2D eigenvalue weighted by Gasteiger charge is 2.29. The molecule has 1 saturated carbocycles. The van der Waals surface area contributed by atoms with E-state index in [1.807, 2.05) is 30.0 Å². The standard InChI is InChI=1S/C20H28N4O4/c1-13(19-22-14(2)23-28-19)21-20(25)24(16-7-5-6-8-16)12-15-9-10-17(26-3)18(11-15)27-4/h9-11,13,16H,5-8,12H2,1-4H3,(H,21,25)/t13-/m1/s1. The summed E-state index contributed by atoms with van der Waals surface area (Å²) in [5.74, 6) is 2.28. The molecule has 0 bridgehead atoms. The Morgan fingerprint density at radius 3 is 2.61 bits per heavy atom. The zero-order valence-corrected chi connectivity index (χ0v) is 16.9. The van der Waals surface area contributed by atoms with E-state index in [0.717, 1.165) is 31.2 Å². The monoisotopic (exact) mass is 388 g/mol. The third-order valence-corrected chi connectivity index (χ3v) is 5.08. The Hall–Kier alpha value is -2.77. The van der Waals surface area contributed by atoms with Crippen LogP contribution in [-0.4, -0.2) is 41.3 Å². The smallest absolute Gasteiger partial charge is 0.318 e. The number of amides is 2. The third-order valence-electron chi connectivity index (χ3n) is 5.08. The maximum Gasteiger partial charge on any atom is 0.318 e. The molecular formula is C20H28N4O4. The van der Waals surface area contributed by atoms with Crippen LogP contribution in [0.15, 0.2) is 22.7 Å². The predicted octanol–water partition coefficient (Wildman–Crippen LogP) is 3.61. The van der Waals surface area contributed by atoms with Crippen LogP contribution in [0.5, 0.6) is 11.5 Å². The molecule has 0 radical (unpaired) electrons. The minimum atomic E-state index is -0.358. The molecule has 1 aliphatic carbocycles. The van der Waals surface area contributed by atoms with Gasteiger partial charge in [-0.3, -0.25) is 0 Å². The molecule has 1 atom stereocenters. The molecule has 0 aliphatic heterocycles. The molecule has 152 valence electrons. The first-order chi connectivity index (χ1) is 13.5. The molecule has 8 heteroatoms. The van der Waals surface area contributed by atoms with E-state index < -0.39 is 0 Å². The normalized spacial score (nSPS) is 15.3. The fourth-order valence-electron chi connectivity index (χ4n) is 3.58. The third kappa shape index (κ3) is 4.55. The van der Waals surface area contributed by atoms with E-state index in [2.05, 4.69) is 15.5 Å². The van der Waals surface area contributed by atoms with Gasteiger partial charge >= 0.3 is 6.03 Å². The number of nitrogens with zero attached hydrogens (tertiary/aromatic N) is 3. The SMILES string of the molecule is COc1ccc(CN(C(=O)N[C@H](C)c2nc(C)no2)C2CCCC2)cc1OC. The molecule has 2 aromatic rings. The minimum absolute atomic E-state index is 0.134. The van der Waals surface area contributed by atoms with E-state index in [-0.39, 0.29) is 18.1 Å². The molecule has 1 N–H and O–H groups in total. The van der Waals surface area contributed by atoms with Gasteiger partial charge in [0, 0.05) is 12.6 Å². The average molecular weight is 388 g/mol. The van der Waals surface area contributed by atoms with Crippen molar-refractivity contribution in [2.45, 2.75) is 58.2 Å². The molecule has 1 fully saturated rings. The van der Waals surface area contributed by atoms with Crippen molar-refractivity contribution in [1.29, 1.82) is 0 Å². The van der Waals surface area contributed by atoms with Crippen molar-refractivity contribution in [2.24, 2.45) is 0 Å². The number of rotatable bonds is 7. The van der Waals surface area contributed by atoms with E-state index in [0.29, 0.717) is 29.8 Å². The lowest BCUT2D eigenvalue weighted by molar-refractivity contribution is 0.165. The molecule has 1 heterocycles. The van der Waals surface area contributed by atoms with Crippen LogP contribution in [0.2, 0.25) is 0 Å². The van der Waals surface area contributed by atoms with Crippen LogP contribution in [0.25, 0.3) is 0 Å². The number of aryl methyl sites for hydroxylation is 1. The Morgan fingerprint density at radius 2 is 2.00 bits per heavy atom. The van der Waals surface area contributed by atoms with Gasteiger partial charge in [0.1, 0.15) is 6.04 Å². The summed E-state index contributed by atoms with van der Waals surface area (Å²) >= 11 is 0. The van der Waals surface area contributed by atoms with Crippen LogP contribution in [0.1, 0.15) is 55.9 Å². The topological polar surface area (TPSA) is 89.7 Å². The Kier molecular flexibility index (Phi) is 6.38. The molecule has 3 rings (SSSR count). The predicted molar refractivity (Wildman–Crippen MR) is 103 cm³/mol. The van der Waals surface area contributed by atoms with Crippen LogP contribution >= 0.6 is 0 Å². The zero-order valence-electron chi connectivity index (χ0n) is 16.9. The van der Waals surface area contributed by atoms with Gasteiger partial charge in [-0.25, -0.2) is 4.79 Å². The second kappa shape index (κ2) is 8.95. The van der Waals surface area contributed by atoms with Crippen LogP contribution in [0.3, 0.4) is 0 Å². The van der Waals surface area contributed by atoms with Crippen LogP contribution in [-0.2, 0) is 6.54 Å². The maximum absolute atomic E-state index is 13.1. The maximum atomic E-state index is 13.1. The Balaban J connectivity index is 1.76. The van der Waals surface area contributed by atoms with Crippen molar-refractivity contribution in [2.75, 3.05) is 14.2 Å². The lowest BCUT2D eigenvalue weighted by Gasteiger charge is -2.30. The summed E-state index contributed by atoms with van der Waals surface area (Å²) in [6.45, 7) is 4.09. The van der Waals surface area contributed by atoms with E-state index in [1.54, 1.807) is 21.1 Å². The Bertz CT molecular complexity index is 801. The number of hydrogen-bond acceptors (Lipinski definition) is 6. The van der Waals surface area contributed by atoms with Gasteiger partial charge in [-0.1, -0.05) is 24.1 Å². The van der Waals surface area contributed by atoms with Crippen LogP contribution in [0.4, 0.5) is 4.79 Å². The van der Waals surface area contributed by atoms with Crippen molar-refractivity contribution in [3.05, 3.63) is 35.5 Å². The highest BCUT2D eigenvalue weighted by atomic mass is 16.5. The number of carbonyl (C=O) groups is 1. The second-order valence-corrected chi connectivity index (χ2v) is 7.11. The molecule has 28 heavy (non-hydrogen) atoms. The zero-order chi connectivity index (χ0) is 20.1. The first-order valence-corrected chi connectivity index (χ1v) is 9.60. The minimum Gasteiger partial charge on any atom is -0.493 e. The van der Waals surface area contributed by atoms with Gasteiger partial charge in [0.05, 0.1) is 14.2 Å². The molecule has 2 amide bonds. The van der Waals surface area contributed by atoms with Crippen LogP contribution in [0, 0.1) is 6.92 Å². The van der Waals surface area contributed by atoms with Gasteiger partial charge in [-0.15, -0.1) is 0 Å². The van der Waals surface area contributed by atoms with Gasteiger partial charge < -0.3 is 24.2 Å². The van der Waals surface area contributed by atoms with Gasteiger partial charge in [0.15, 0.2) is 17.3 Å². The highest BCUT2D eigenvalue weighted by Crippen LogP contribution is 2.30. The Morgan fingerprint density at radius 1 is 1.29 bits per heavy atom. The number of hydrogen-bond donors (Lipinski definition) is 1. The average Bonchev–Trinajstić information content (AvgIpc) is 3.37. The number of benzene rings is 1. The highest BCUT2D eigenvalue weighted by molar-refractivity contribution is 5.75. The molecule has 0 spiro atoms. The van der Waals surface area contributed by atoms with Crippen molar-refractivity contribution in [3.8, 4) is 11.5 Å². The number of carbonyl (C=O) groups excluding carboxylic acids is 1. The molecular weight excluding hydrogens is 360 g/mol. The van der Waals surface area contributed by atoms with Crippen molar-refractivity contribution < 1.29 is 18.8 Å². The molecule has 1 aromatic heterocycles. The molecule has 0 saturated heterocycles. The number of urea groups is 1. The van der Waals surface area contributed by atoms with Crippen LogP contribution < -0.4 is 14.8 Å². The summed E-state index contributed by atoms with van der Waals surface area (Å²) in [5.41, 5.74) is 0.987. The molecule has 1 aromatic carbocycles. The van der Waals surface area contributed by atoms with E-state index in [9.17, 15) is 4.79 Å². The summed E-state index contributed by atoms with van der Waals surface area (Å²) in [7, 11) is 3.22. The summed E-state index contributed by atoms with van der Waals surface area (Å²) in [6, 6.07) is 5.46. The van der Waals surface area contributed by atoms with E-state index >= 15 is 0 Å². The summed E-state index contributed by atoms with van der Waals surface area (Å²) in [6.07, 6.45) is 4.29. The van der Waals surface area contributed by atoms with Crippen molar-refractivity contribution in [1.82, 2.24) is 20.4 Å². The fourth-order valence-corrected chi connectivity index (χ4v) is 3.58. The van der Waals surface area contributed by atoms with E-state index in [4.69, 9.17) is 14.0 Å². The van der Waals surface area contributed by atoms with Crippen molar-refractivity contribution >= 4 is 6.03 Å². The van der Waals surface area contributed by atoms with Gasteiger partial charge in [0.25, 0.3) is 0 Å². The Labute approximate surface area is 165 Å². The molecule has 0 unspecified atom stereocenters. The molecule has 1 aliphatic rings. The lowest BCUT2D eigenvalue weighted by Crippen LogP contribution is -2.45. The summed E-state index contributed by atoms with van der Waals surface area (Å²) in [4.78, 5) is 19.2. The summed E-state index contributed by atoms with van der Waals surface area (Å²) in [5, 5.41) is 6.79.